The monoisotopic (exact) mass is 208 g/mol. The van der Waals surface area contributed by atoms with Crippen LogP contribution in [-0.4, -0.2) is 20.9 Å². The van der Waals surface area contributed by atoms with Gasteiger partial charge in [0, 0.05) is 7.05 Å². The molecule has 1 aromatic heterocycles. The summed E-state index contributed by atoms with van der Waals surface area (Å²) in [6.45, 7) is 1.27. The minimum Gasteiger partial charge on any atom is -0.478 e. The maximum atomic E-state index is 12.3. The number of hydrogen-bond donors (Lipinski definition) is 1. The highest BCUT2D eigenvalue weighted by molar-refractivity contribution is 5.90. The van der Waals surface area contributed by atoms with Crippen LogP contribution in [0, 0.1) is 6.92 Å². The molecule has 7 heteroatoms. The first kappa shape index (κ1) is 10.6. The van der Waals surface area contributed by atoms with Gasteiger partial charge in [-0.25, -0.2) is 4.79 Å². The van der Waals surface area contributed by atoms with Crippen LogP contribution in [0.1, 0.15) is 21.7 Å². The Labute approximate surface area is 77.0 Å². The second kappa shape index (κ2) is 3.00. The van der Waals surface area contributed by atoms with Gasteiger partial charge in [-0.1, -0.05) is 0 Å². The fraction of sp³-hybridized carbons (Fsp3) is 0.429. The van der Waals surface area contributed by atoms with Gasteiger partial charge in [0.15, 0.2) is 5.69 Å². The zero-order valence-electron chi connectivity index (χ0n) is 7.38. The molecule has 0 aliphatic heterocycles. The molecule has 0 radical (unpaired) electrons. The molecule has 78 valence electrons. The molecule has 0 aromatic carbocycles. The zero-order chi connectivity index (χ0) is 11.1. The Morgan fingerprint density at radius 3 is 2.29 bits per heavy atom. The van der Waals surface area contributed by atoms with Crippen molar-refractivity contribution in [3.63, 3.8) is 0 Å². The van der Waals surface area contributed by atoms with Crippen LogP contribution in [0.25, 0.3) is 0 Å². The fourth-order valence-electron chi connectivity index (χ4n) is 1.06. The molecular weight excluding hydrogens is 201 g/mol. The molecule has 0 saturated heterocycles. The average Bonchev–Trinajstić information content (AvgIpc) is 2.27. The summed E-state index contributed by atoms with van der Waals surface area (Å²) in [4.78, 5) is 10.5. The molecule has 0 aliphatic carbocycles. The minimum atomic E-state index is -4.74. The van der Waals surface area contributed by atoms with Crippen LogP contribution in [-0.2, 0) is 13.2 Å². The van der Waals surface area contributed by atoms with Crippen LogP contribution in [0.4, 0.5) is 13.2 Å². The van der Waals surface area contributed by atoms with Crippen molar-refractivity contribution in [2.24, 2.45) is 7.05 Å². The summed E-state index contributed by atoms with van der Waals surface area (Å²) in [7, 11) is 1.26. The van der Waals surface area contributed by atoms with Gasteiger partial charge in [0.25, 0.3) is 0 Å². The Kier molecular flexibility index (Phi) is 2.26. The molecule has 0 saturated carbocycles. The van der Waals surface area contributed by atoms with Gasteiger partial charge < -0.3 is 5.11 Å². The zero-order valence-corrected chi connectivity index (χ0v) is 7.38. The summed E-state index contributed by atoms with van der Waals surface area (Å²) in [6, 6.07) is 0. The Morgan fingerprint density at radius 1 is 1.50 bits per heavy atom. The number of carboxylic acid groups (broad SMARTS) is 1. The van der Waals surface area contributed by atoms with E-state index in [0.29, 0.717) is 0 Å². The van der Waals surface area contributed by atoms with Crippen molar-refractivity contribution in [1.29, 1.82) is 0 Å². The van der Waals surface area contributed by atoms with Crippen LogP contribution in [0.15, 0.2) is 0 Å². The summed E-state index contributed by atoms with van der Waals surface area (Å²) >= 11 is 0. The van der Waals surface area contributed by atoms with Gasteiger partial charge in [-0.2, -0.15) is 18.3 Å². The van der Waals surface area contributed by atoms with Crippen molar-refractivity contribution >= 4 is 5.97 Å². The van der Waals surface area contributed by atoms with E-state index in [1.54, 1.807) is 0 Å². The van der Waals surface area contributed by atoms with E-state index in [0.717, 1.165) is 4.68 Å². The van der Waals surface area contributed by atoms with Gasteiger partial charge in [0.1, 0.15) is 5.56 Å². The number of aromatic carboxylic acids is 1. The number of halogens is 3. The van der Waals surface area contributed by atoms with Crippen molar-refractivity contribution in [1.82, 2.24) is 9.78 Å². The summed E-state index contributed by atoms with van der Waals surface area (Å²) < 4.78 is 37.7. The smallest absolute Gasteiger partial charge is 0.436 e. The van der Waals surface area contributed by atoms with Gasteiger partial charge in [-0.15, -0.1) is 0 Å². The van der Waals surface area contributed by atoms with Crippen molar-refractivity contribution in [3.05, 3.63) is 17.0 Å². The Hall–Kier alpha value is -1.53. The number of aryl methyl sites for hydroxylation is 1. The maximum absolute atomic E-state index is 12.3. The second-order valence-electron chi connectivity index (χ2n) is 2.74. The average molecular weight is 208 g/mol. The van der Waals surface area contributed by atoms with E-state index in [1.807, 2.05) is 0 Å². The maximum Gasteiger partial charge on any atom is 0.436 e. The van der Waals surface area contributed by atoms with E-state index in [9.17, 15) is 18.0 Å². The lowest BCUT2D eigenvalue weighted by Gasteiger charge is -2.02. The first-order valence-corrected chi connectivity index (χ1v) is 3.59. The van der Waals surface area contributed by atoms with Crippen molar-refractivity contribution in [2.45, 2.75) is 13.1 Å². The molecule has 0 fully saturated rings. The van der Waals surface area contributed by atoms with Gasteiger partial charge in [0.2, 0.25) is 0 Å². The Morgan fingerprint density at radius 2 is 2.00 bits per heavy atom. The van der Waals surface area contributed by atoms with Crippen molar-refractivity contribution < 1.29 is 23.1 Å². The summed E-state index contributed by atoms with van der Waals surface area (Å²) in [5.74, 6) is -1.62. The predicted molar refractivity (Wildman–Crippen MR) is 39.9 cm³/mol. The predicted octanol–water partition coefficient (Wildman–Crippen LogP) is 1.45. The molecular formula is C7H7F3N2O2. The van der Waals surface area contributed by atoms with Crippen molar-refractivity contribution in [3.8, 4) is 0 Å². The third kappa shape index (κ3) is 1.57. The van der Waals surface area contributed by atoms with E-state index in [-0.39, 0.29) is 5.69 Å². The van der Waals surface area contributed by atoms with Crippen LogP contribution in [0.3, 0.4) is 0 Å². The van der Waals surface area contributed by atoms with Crippen LogP contribution in [0.5, 0.6) is 0 Å². The Bertz CT molecular complexity index is 381. The molecule has 0 atom stereocenters. The lowest BCUT2D eigenvalue weighted by Crippen LogP contribution is -2.12. The number of hydrogen-bond acceptors (Lipinski definition) is 2. The largest absolute Gasteiger partial charge is 0.478 e. The number of carbonyl (C=O) groups is 1. The molecule has 0 unspecified atom stereocenters. The van der Waals surface area contributed by atoms with Gasteiger partial charge >= 0.3 is 12.1 Å². The topological polar surface area (TPSA) is 55.1 Å². The minimum absolute atomic E-state index is 0.0233. The van der Waals surface area contributed by atoms with Gasteiger partial charge in [-0.3, -0.25) is 4.68 Å². The highest BCUT2D eigenvalue weighted by atomic mass is 19.4. The van der Waals surface area contributed by atoms with E-state index < -0.39 is 23.4 Å². The number of rotatable bonds is 1. The highest BCUT2D eigenvalue weighted by Gasteiger charge is 2.40. The van der Waals surface area contributed by atoms with Crippen LogP contribution in [0.2, 0.25) is 0 Å². The molecule has 1 aromatic rings. The molecule has 14 heavy (non-hydrogen) atoms. The molecule has 0 amide bonds. The lowest BCUT2D eigenvalue weighted by atomic mass is 10.2. The fourth-order valence-corrected chi connectivity index (χ4v) is 1.06. The first-order valence-electron chi connectivity index (χ1n) is 3.59. The summed E-state index contributed by atoms with van der Waals surface area (Å²) in [6.07, 6.45) is -4.74. The third-order valence-electron chi connectivity index (χ3n) is 1.82. The highest BCUT2D eigenvalue weighted by Crippen LogP contribution is 2.31. The number of alkyl halides is 3. The molecule has 4 nitrogen and oxygen atoms in total. The normalized spacial score (nSPS) is 11.8. The second-order valence-corrected chi connectivity index (χ2v) is 2.74. The molecule has 0 aliphatic rings. The van der Waals surface area contributed by atoms with Crippen molar-refractivity contribution in [2.75, 3.05) is 0 Å². The number of nitrogens with zero attached hydrogens (tertiary/aromatic N) is 2. The van der Waals surface area contributed by atoms with Crippen LogP contribution >= 0.6 is 0 Å². The summed E-state index contributed by atoms with van der Waals surface area (Å²) in [5.41, 5.74) is -2.17. The molecule has 1 heterocycles. The first-order chi connectivity index (χ1) is 6.25. The van der Waals surface area contributed by atoms with E-state index in [4.69, 9.17) is 5.11 Å². The quantitative estimate of drug-likeness (QED) is 0.759. The molecule has 0 bridgehead atoms. The Balaban J connectivity index is 3.45. The van der Waals surface area contributed by atoms with E-state index in [1.165, 1.54) is 14.0 Å². The SMILES string of the molecule is Cc1c(C(=O)O)c(C(F)(F)F)nn1C. The summed E-state index contributed by atoms with van der Waals surface area (Å²) in [5, 5.41) is 11.7. The van der Waals surface area contributed by atoms with Gasteiger partial charge in [-0.05, 0) is 6.92 Å². The molecule has 1 N–H and O–H groups in total. The van der Waals surface area contributed by atoms with Gasteiger partial charge in [0.05, 0.1) is 5.69 Å². The van der Waals surface area contributed by atoms with E-state index in [2.05, 4.69) is 5.10 Å². The van der Waals surface area contributed by atoms with Crippen LogP contribution < -0.4 is 0 Å². The molecule has 0 spiro atoms. The molecule has 1 rings (SSSR count). The lowest BCUT2D eigenvalue weighted by molar-refractivity contribution is -0.141. The number of carboxylic acids is 1. The standard InChI is InChI=1S/C7H7F3N2O2/c1-3-4(6(13)14)5(7(8,9)10)11-12(3)2/h1-2H3,(H,13,14). The third-order valence-corrected chi connectivity index (χ3v) is 1.82. The van der Waals surface area contributed by atoms with E-state index >= 15 is 0 Å². The number of aromatic nitrogens is 2.